The van der Waals surface area contributed by atoms with E-state index < -0.39 is 12.1 Å². The predicted molar refractivity (Wildman–Crippen MR) is 115 cm³/mol. The summed E-state index contributed by atoms with van der Waals surface area (Å²) in [5.41, 5.74) is 4.35. The van der Waals surface area contributed by atoms with Crippen LogP contribution in [0.15, 0.2) is 71.2 Å². The molecule has 29 heavy (non-hydrogen) atoms. The SMILES string of the molecule is Cc1cc2c(cc1Br)N(C(=O)OCc1ccccc1)C(c1ccccc1F)CC2. The molecule has 0 radical (unpaired) electrons. The molecule has 1 aliphatic heterocycles. The van der Waals surface area contributed by atoms with Gasteiger partial charge in [0.1, 0.15) is 12.4 Å². The first-order valence-electron chi connectivity index (χ1n) is 9.58. The first-order valence-corrected chi connectivity index (χ1v) is 10.4. The van der Waals surface area contributed by atoms with Gasteiger partial charge in [-0.15, -0.1) is 0 Å². The molecule has 0 saturated carbocycles. The van der Waals surface area contributed by atoms with E-state index >= 15 is 0 Å². The number of hydrogen-bond donors (Lipinski definition) is 0. The van der Waals surface area contributed by atoms with Gasteiger partial charge in [0, 0.05) is 10.0 Å². The fraction of sp³-hybridized carbons (Fsp3) is 0.208. The molecule has 1 amide bonds. The number of carbonyl (C=O) groups excluding carboxylic acids is 1. The van der Waals surface area contributed by atoms with E-state index in [2.05, 4.69) is 22.0 Å². The molecule has 0 N–H and O–H groups in total. The van der Waals surface area contributed by atoms with Crippen LogP contribution in [0.1, 0.15) is 34.7 Å². The number of nitrogens with zero attached hydrogens (tertiary/aromatic N) is 1. The maximum Gasteiger partial charge on any atom is 0.415 e. The molecular formula is C24H21BrFNO2. The van der Waals surface area contributed by atoms with Crippen molar-refractivity contribution in [1.82, 2.24) is 0 Å². The maximum atomic E-state index is 14.6. The Labute approximate surface area is 178 Å². The number of benzene rings is 3. The highest BCUT2D eigenvalue weighted by Gasteiger charge is 2.35. The molecule has 1 heterocycles. The van der Waals surface area contributed by atoms with Crippen molar-refractivity contribution in [2.45, 2.75) is 32.4 Å². The summed E-state index contributed by atoms with van der Waals surface area (Å²) in [5.74, 6) is -0.312. The van der Waals surface area contributed by atoms with Crippen LogP contribution in [0.2, 0.25) is 0 Å². The van der Waals surface area contributed by atoms with Gasteiger partial charge in [-0.05, 0) is 48.6 Å². The number of carbonyl (C=O) groups is 1. The summed E-state index contributed by atoms with van der Waals surface area (Å²) >= 11 is 3.56. The quantitative estimate of drug-likeness (QED) is 0.439. The second kappa shape index (κ2) is 8.37. The van der Waals surface area contributed by atoms with Crippen molar-refractivity contribution in [3.05, 3.63) is 99.3 Å². The molecule has 3 nitrogen and oxygen atoms in total. The molecule has 3 aromatic carbocycles. The predicted octanol–water partition coefficient (Wildman–Crippen LogP) is 6.73. The van der Waals surface area contributed by atoms with Crippen molar-refractivity contribution in [1.29, 1.82) is 0 Å². The number of halogens is 2. The van der Waals surface area contributed by atoms with Crippen LogP contribution in [0, 0.1) is 12.7 Å². The van der Waals surface area contributed by atoms with Gasteiger partial charge in [-0.25, -0.2) is 9.18 Å². The largest absolute Gasteiger partial charge is 0.444 e. The van der Waals surface area contributed by atoms with Gasteiger partial charge in [0.2, 0.25) is 0 Å². The third-order valence-electron chi connectivity index (χ3n) is 5.28. The third-order valence-corrected chi connectivity index (χ3v) is 6.14. The zero-order valence-corrected chi connectivity index (χ0v) is 17.7. The summed E-state index contributed by atoms with van der Waals surface area (Å²) in [7, 11) is 0. The zero-order valence-electron chi connectivity index (χ0n) is 16.1. The number of fused-ring (bicyclic) bond motifs is 1. The van der Waals surface area contributed by atoms with E-state index in [0.717, 1.165) is 33.3 Å². The van der Waals surface area contributed by atoms with E-state index in [9.17, 15) is 9.18 Å². The first kappa shape index (κ1) is 19.6. The Kier molecular flexibility index (Phi) is 5.67. The van der Waals surface area contributed by atoms with Gasteiger partial charge in [-0.3, -0.25) is 4.90 Å². The van der Waals surface area contributed by atoms with Crippen LogP contribution in [0.3, 0.4) is 0 Å². The highest BCUT2D eigenvalue weighted by Crippen LogP contribution is 2.42. The van der Waals surface area contributed by atoms with Gasteiger partial charge in [0.05, 0.1) is 11.7 Å². The topological polar surface area (TPSA) is 29.5 Å². The standard InChI is InChI=1S/C24H21BrFNO2/c1-16-13-18-11-12-22(19-9-5-6-10-21(19)26)27(23(18)14-20(16)25)24(28)29-15-17-7-3-2-4-8-17/h2-10,13-14,22H,11-12,15H2,1H3. The Morgan fingerprint density at radius 1 is 1.14 bits per heavy atom. The number of rotatable bonds is 3. The summed E-state index contributed by atoms with van der Waals surface area (Å²) in [6, 6.07) is 19.8. The first-order chi connectivity index (χ1) is 14.0. The lowest BCUT2D eigenvalue weighted by molar-refractivity contribution is 0.143. The normalized spacial score (nSPS) is 15.7. The van der Waals surface area contributed by atoms with Crippen molar-refractivity contribution in [2.75, 3.05) is 4.90 Å². The molecule has 0 bridgehead atoms. The Bertz CT molecular complexity index is 1040. The number of amides is 1. The molecular weight excluding hydrogens is 433 g/mol. The molecule has 1 unspecified atom stereocenters. The van der Waals surface area contributed by atoms with Crippen LogP contribution in [0.5, 0.6) is 0 Å². The lowest BCUT2D eigenvalue weighted by atomic mass is 9.90. The van der Waals surface area contributed by atoms with Crippen LogP contribution >= 0.6 is 15.9 Å². The van der Waals surface area contributed by atoms with Crippen LogP contribution < -0.4 is 4.90 Å². The zero-order chi connectivity index (χ0) is 20.4. The van der Waals surface area contributed by atoms with E-state index in [4.69, 9.17) is 4.74 Å². The number of ether oxygens (including phenoxy) is 1. The van der Waals surface area contributed by atoms with Crippen molar-refractivity contribution in [2.24, 2.45) is 0 Å². The van der Waals surface area contributed by atoms with Gasteiger partial charge in [0.25, 0.3) is 0 Å². The smallest absolute Gasteiger partial charge is 0.415 e. The molecule has 0 saturated heterocycles. The van der Waals surface area contributed by atoms with E-state index in [1.165, 1.54) is 6.07 Å². The highest BCUT2D eigenvalue weighted by molar-refractivity contribution is 9.10. The number of anilines is 1. The average molecular weight is 454 g/mol. The summed E-state index contributed by atoms with van der Waals surface area (Å²) in [5, 5.41) is 0. The average Bonchev–Trinajstić information content (AvgIpc) is 2.73. The van der Waals surface area contributed by atoms with Crippen LogP contribution in [-0.2, 0) is 17.8 Å². The molecule has 0 spiro atoms. The van der Waals surface area contributed by atoms with Crippen LogP contribution in [0.4, 0.5) is 14.9 Å². The summed E-state index contributed by atoms with van der Waals surface area (Å²) < 4.78 is 21.1. The van der Waals surface area contributed by atoms with Gasteiger partial charge < -0.3 is 4.74 Å². The summed E-state index contributed by atoms with van der Waals surface area (Å²) in [6.45, 7) is 2.19. The molecule has 5 heteroatoms. The van der Waals surface area contributed by atoms with E-state index in [1.807, 2.05) is 43.3 Å². The molecule has 0 aliphatic carbocycles. The van der Waals surface area contributed by atoms with Crippen LogP contribution in [0.25, 0.3) is 0 Å². The summed E-state index contributed by atoms with van der Waals surface area (Å²) in [4.78, 5) is 14.8. The second-order valence-corrected chi connectivity index (χ2v) is 8.07. The molecule has 148 valence electrons. The van der Waals surface area contributed by atoms with Crippen molar-refractivity contribution >= 4 is 27.7 Å². The van der Waals surface area contributed by atoms with Crippen molar-refractivity contribution in [3.63, 3.8) is 0 Å². The summed E-state index contributed by atoms with van der Waals surface area (Å²) in [6.07, 6.45) is 0.930. The molecule has 1 atom stereocenters. The molecule has 1 aliphatic rings. The Hall–Kier alpha value is -2.66. The van der Waals surface area contributed by atoms with E-state index in [0.29, 0.717) is 12.0 Å². The van der Waals surface area contributed by atoms with Gasteiger partial charge >= 0.3 is 6.09 Å². The minimum absolute atomic E-state index is 0.169. The minimum Gasteiger partial charge on any atom is -0.444 e. The van der Waals surface area contributed by atoms with Gasteiger partial charge in [0.15, 0.2) is 0 Å². The van der Waals surface area contributed by atoms with Crippen molar-refractivity contribution in [3.8, 4) is 0 Å². The molecule has 3 aromatic rings. The van der Waals surface area contributed by atoms with Crippen LogP contribution in [-0.4, -0.2) is 6.09 Å². The Morgan fingerprint density at radius 3 is 2.62 bits per heavy atom. The fourth-order valence-corrected chi connectivity index (χ4v) is 4.13. The molecule has 0 aromatic heterocycles. The lowest BCUT2D eigenvalue weighted by Gasteiger charge is -2.37. The minimum atomic E-state index is -0.473. The second-order valence-electron chi connectivity index (χ2n) is 7.22. The van der Waals surface area contributed by atoms with E-state index in [-0.39, 0.29) is 12.4 Å². The number of aryl methyl sites for hydroxylation is 2. The van der Waals surface area contributed by atoms with Crippen molar-refractivity contribution < 1.29 is 13.9 Å². The van der Waals surface area contributed by atoms with Gasteiger partial charge in [-0.2, -0.15) is 0 Å². The molecule has 4 rings (SSSR count). The number of hydrogen-bond acceptors (Lipinski definition) is 2. The van der Waals surface area contributed by atoms with Gasteiger partial charge in [-0.1, -0.05) is 70.5 Å². The Balaban J connectivity index is 1.71. The lowest BCUT2D eigenvalue weighted by Crippen LogP contribution is -2.39. The molecule has 0 fully saturated rings. The Morgan fingerprint density at radius 2 is 1.86 bits per heavy atom. The maximum absolute atomic E-state index is 14.6. The third kappa shape index (κ3) is 4.06. The van der Waals surface area contributed by atoms with E-state index in [1.54, 1.807) is 23.1 Å². The highest BCUT2D eigenvalue weighted by atomic mass is 79.9. The monoisotopic (exact) mass is 453 g/mol. The fourth-order valence-electron chi connectivity index (χ4n) is 3.80.